The molecular formula is C9H9BrF4O. The summed E-state index contributed by atoms with van der Waals surface area (Å²) in [5, 5.41) is 0. The van der Waals surface area contributed by atoms with Crippen LogP contribution in [0.3, 0.4) is 0 Å². The minimum atomic E-state index is -4.11. The first-order chi connectivity index (χ1) is 6.82. The van der Waals surface area contributed by atoms with Crippen molar-refractivity contribution in [2.45, 2.75) is 35.8 Å². The predicted octanol–water partition coefficient (Wildman–Crippen LogP) is 3.03. The summed E-state index contributed by atoms with van der Waals surface area (Å²) in [5.74, 6) is -5.51. The lowest BCUT2D eigenvalue weighted by Crippen LogP contribution is -2.45. The van der Waals surface area contributed by atoms with Crippen molar-refractivity contribution in [3.63, 3.8) is 0 Å². The molecule has 1 aliphatic heterocycles. The van der Waals surface area contributed by atoms with Crippen LogP contribution in [0.4, 0.5) is 17.6 Å². The Morgan fingerprint density at radius 1 is 1.07 bits per heavy atom. The van der Waals surface area contributed by atoms with Gasteiger partial charge in [-0.2, -0.15) is 17.6 Å². The molecule has 15 heavy (non-hydrogen) atoms. The fourth-order valence-electron chi connectivity index (χ4n) is 3.23. The highest BCUT2D eigenvalue weighted by Crippen LogP contribution is 2.64. The topological polar surface area (TPSA) is 12.5 Å². The third-order valence-corrected chi connectivity index (χ3v) is 4.47. The van der Waals surface area contributed by atoms with Crippen LogP contribution in [0.25, 0.3) is 0 Å². The van der Waals surface area contributed by atoms with Crippen molar-refractivity contribution in [3.8, 4) is 0 Å². The van der Waals surface area contributed by atoms with Crippen LogP contribution in [0.5, 0.6) is 0 Å². The molecule has 0 radical (unpaired) electrons. The first-order valence-electron chi connectivity index (χ1n) is 4.92. The molecule has 2 aliphatic carbocycles. The Kier molecular flexibility index (Phi) is 1.86. The van der Waals surface area contributed by atoms with Crippen molar-refractivity contribution < 1.29 is 22.3 Å². The maximum atomic E-state index is 13.4. The number of epoxide rings is 1. The molecule has 86 valence electrons. The van der Waals surface area contributed by atoms with Gasteiger partial charge in [0.15, 0.2) is 0 Å². The van der Waals surface area contributed by atoms with Crippen molar-refractivity contribution in [3.05, 3.63) is 0 Å². The molecule has 2 saturated carbocycles. The largest absolute Gasteiger partial charge is 0.369 e. The molecule has 0 aromatic heterocycles. The number of alkyl halides is 5. The minimum Gasteiger partial charge on any atom is -0.369 e. The molecule has 2 bridgehead atoms. The number of hydrogen-bond donors (Lipinski definition) is 0. The molecule has 0 spiro atoms. The smallest absolute Gasteiger partial charge is 0.363 e. The lowest BCUT2D eigenvalue weighted by Gasteiger charge is -2.31. The Balaban J connectivity index is 1.84. The molecule has 5 unspecified atom stereocenters. The summed E-state index contributed by atoms with van der Waals surface area (Å²) < 4.78 is 57.5. The van der Waals surface area contributed by atoms with Gasteiger partial charge in [0.1, 0.15) is 0 Å². The van der Waals surface area contributed by atoms with Gasteiger partial charge >= 0.3 is 10.8 Å². The summed E-state index contributed by atoms with van der Waals surface area (Å²) in [4.78, 5) is -4.11. The number of fused-ring (bicyclic) bond motifs is 5. The number of hydrogen-bond acceptors (Lipinski definition) is 1. The molecule has 3 fully saturated rings. The van der Waals surface area contributed by atoms with Gasteiger partial charge in [-0.15, -0.1) is 0 Å². The molecule has 0 aromatic rings. The summed E-state index contributed by atoms with van der Waals surface area (Å²) in [7, 11) is 0. The van der Waals surface area contributed by atoms with E-state index in [1.807, 2.05) is 0 Å². The highest BCUT2D eigenvalue weighted by atomic mass is 79.9. The normalized spacial score (nSPS) is 48.2. The van der Waals surface area contributed by atoms with E-state index in [0.29, 0.717) is 6.42 Å². The lowest BCUT2D eigenvalue weighted by molar-refractivity contribution is -0.191. The summed E-state index contributed by atoms with van der Waals surface area (Å²) in [6.07, 6.45) is 0.707. The minimum absolute atomic E-state index is 0.0747. The number of ether oxygens (including phenoxy) is 1. The zero-order chi connectivity index (χ0) is 11.0. The average Bonchev–Trinajstić information content (AvgIpc) is 2.69. The van der Waals surface area contributed by atoms with Crippen molar-refractivity contribution in [1.82, 2.24) is 0 Å². The standard InChI is InChI=1S/C9H9BrF4O/c10-9(13,14)8(11,12)5-2-3-1-4(5)7-6(3)15-7/h3-7H,1-2H2. The van der Waals surface area contributed by atoms with Gasteiger partial charge in [-0.05, 0) is 40.6 Å². The molecule has 3 aliphatic rings. The van der Waals surface area contributed by atoms with Gasteiger partial charge in [0.05, 0.1) is 12.2 Å². The first kappa shape index (κ1) is 10.3. The molecule has 0 amide bonds. The van der Waals surface area contributed by atoms with Gasteiger partial charge in [-0.25, -0.2) is 0 Å². The summed E-state index contributed by atoms with van der Waals surface area (Å²) in [5.41, 5.74) is 0. The second-order valence-corrected chi connectivity index (χ2v) is 5.68. The molecule has 0 N–H and O–H groups in total. The van der Waals surface area contributed by atoms with E-state index < -0.39 is 16.7 Å². The van der Waals surface area contributed by atoms with Gasteiger partial charge in [-0.1, -0.05) is 0 Å². The van der Waals surface area contributed by atoms with Crippen molar-refractivity contribution >= 4 is 15.9 Å². The number of rotatable bonds is 2. The zero-order valence-electron chi connectivity index (χ0n) is 7.60. The fourth-order valence-corrected chi connectivity index (χ4v) is 3.52. The molecule has 1 saturated heterocycles. The number of halogens is 5. The van der Waals surface area contributed by atoms with E-state index >= 15 is 0 Å². The monoisotopic (exact) mass is 288 g/mol. The van der Waals surface area contributed by atoms with Crippen LogP contribution in [0.15, 0.2) is 0 Å². The van der Waals surface area contributed by atoms with E-state index in [2.05, 4.69) is 0 Å². The second-order valence-electron chi connectivity index (χ2n) is 4.69. The van der Waals surface area contributed by atoms with Crippen LogP contribution < -0.4 is 0 Å². The van der Waals surface area contributed by atoms with E-state index in [4.69, 9.17) is 4.74 Å². The third kappa shape index (κ3) is 1.24. The van der Waals surface area contributed by atoms with E-state index in [0.717, 1.165) is 0 Å². The summed E-state index contributed by atoms with van der Waals surface area (Å²) >= 11 is 1.79. The van der Waals surface area contributed by atoms with Crippen LogP contribution in [0.2, 0.25) is 0 Å². The maximum absolute atomic E-state index is 13.4. The molecule has 5 atom stereocenters. The van der Waals surface area contributed by atoms with Crippen molar-refractivity contribution in [1.29, 1.82) is 0 Å². The lowest BCUT2D eigenvalue weighted by atomic mass is 9.84. The summed E-state index contributed by atoms with van der Waals surface area (Å²) in [6.45, 7) is 0. The Hall–Kier alpha value is 0.160. The Morgan fingerprint density at radius 3 is 2.20 bits per heavy atom. The second kappa shape index (κ2) is 2.70. The predicted molar refractivity (Wildman–Crippen MR) is 47.2 cm³/mol. The maximum Gasteiger partial charge on any atom is 0.363 e. The SMILES string of the molecule is FC(F)(Br)C(F)(F)C1CC2CC1C1OC21. The van der Waals surface area contributed by atoms with E-state index in [9.17, 15) is 17.6 Å². The van der Waals surface area contributed by atoms with E-state index in [-0.39, 0.29) is 30.5 Å². The Bertz CT molecular complexity index is 303. The average molecular weight is 289 g/mol. The quantitative estimate of drug-likeness (QED) is 0.432. The van der Waals surface area contributed by atoms with Crippen molar-refractivity contribution in [2.75, 3.05) is 0 Å². The Labute approximate surface area is 92.3 Å². The van der Waals surface area contributed by atoms with E-state index in [1.54, 1.807) is 15.9 Å². The fraction of sp³-hybridized carbons (Fsp3) is 1.00. The zero-order valence-corrected chi connectivity index (χ0v) is 9.19. The molecule has 0 aromatic carbocycles. The Morgan fingerprint density at radius 2 is 1.73 bits per heavy atom. The van der Waals surface area contributed by atoms with Crippen LogP contribution in [-0.4, -0.2) is 23.0 Å². The van der Waals surface area contributed by atoms with E-state index in [1.165, 1.54) is 0 Å². The van der Waals surface area contributed by atoms with Crippen LogP contribution in [0.1, 0.15) is 12.8 Å². The van der Waals surface area contributed by atoms with Gasteiger partial charge in [0, 0.05) is 5.92 Å². The third-order valence-electron chi connectivity index (χ3n) is 3.94. The van der Waals surface area contributed by atoms with Gasteiger partial charge in [0.2, 0.25) is 0 Å². The molecular weight excluding hydrogens is 280 g/mol. The molecule has 6 heteroatoms. The van der Waals surface area contributed by atoms with Gasteiger partial charge in [-0.3, -0.25) is 0 Å². The van der Waals surface area contributed by atoms with Gasteiger partial charge < -0.3 is 4.74 Å². The highest BCUT2D eigenvalue weighted by Gasteiger charge is 2.72. The van der Waals surface area contributed by atoms with Crippen LogP contribution in [0, 0.1) is 17.8 Å². The molecule has 1 nitrogen and oxygen atoms in total. The molecule has 3 rings (SSSR count). The van der Waals surface area contributed by atoms with Crippen LogP contribution >= 0.6 is 15.9 Å². The van der Waals surface area contributed by atoms with Crippen LogP contribution in [-0.2, 0) is 4.74 Å². The van der Waals surface area contributed by atoms with Gasteiger partial charge in [0.25, 0.3) is 0 Å². The highest BCUT2D eigenvalue weighted by molar-refractivity contribution is 9.10. The summed E-state index contributed by atoms with van der Waals surface area (Å²) in [6, 6.07) is 0. The van der Waals surface area contributed by atoms with Crippen molar-refractivity contribution in [2.24, 2.45) is 17.8 Å². The first-order valence-corrected chi connectivity index (χ1v) is 5.71. The molecule has 1 heterocycles.